The van der Waals surface area contributed by atoms with Gasteiger partial charge in [-0.3, -0.25) is 4.79 Å². The van der Waals surface area contributed by atoms with E-state index in [1.54, 1.807) is 23.0 Å². The van der Waals surface area contributed by atoms with Gasteiger partial charge >= 0.3 is 0 Å². The van der Waals surface area contributed by atoms with E-state index in [9.17, 15) is 4.79 Å². The van der Waals surface area contributed by atoms with E-state index in [0.29, 0.717) is 0 Å². The Morgan fingerprint density at radius 2 is 2.38 bits per heavy atom. The topological polar surface area (TPSA) is 34.9 Å². The third-order valence-corrected chi connectivity index (χ3v) is 2.13. The van der Waals surface area contributed by atoms with Crippen molar-refractivity contribution in [1.82, 2.24) is 9.78 Å². The molecule has 0 fully saturated rings. The number of unbranched alkanes of at least 4 members (excludes halogenated alkanes) is 1. The zero-order valence-electron chi connectivity index (χ0n) is 8.23. The molecule has 0 aliphatic carbocycles. The second-order valence-corrected chi connectivity index (χ2v) is 3.30. The van der Waals surface area contributed by atoms with Crippen LogP contribution in [0.4, 0.5) is 0 Å². The van der Waals surface area contributed by atoms with Crippen LogP contribution in [0.5, 0.6) is 0 Å². The molecule has 0 radical (unpaired) electrons. The van der Waals surface area contributed by atoms with Crippen LogP contribution < -0.4 is 5.56 Å². The lowest BCUT2D eigenvalue weighted by atomic mass is 10.1. The Kier molecular flexibility index (Phi) is 3.68. The molecule has 0 N–H and O–H groups in total. The average Bonchev–Trinajstić information content (AvgIpc) is 2.15. The fourth-order valence-corrected chi connectivity index (χ4v) is 1.32. The molecule has 0 saturated heterocycles. The number of nitrogens with zero attached hydrogens (tertiary/aromatic N) is 2. The van der Waals surface area contributed by atoms with Crippen LogP contribution in [0.25, 0.3) is 0 Å². The van der Waals surface area contributed by atoms with Gasteiger partial charge in [-0.15, -0.1) is 0 Å². The molecule has 1 heterocycles. The van der Waals surface area contributed by atoms with Crippen molar-refractivity contribution in [3.05, 3.63) is 28.7 Å². The first-order valence-electron chi connectivity index (χ1n) is 4.79. The van der Waals surface area contributed by atoms with Gasteiger partial charge in [-0.2, -0.15) is 5.10 Å². The molecular weight excluding hydrogens is 164 g/mol. The summed E-state index contributed by atoms with van der Waals surface area (Å²) in [6, 6.07) is 3.44. The van der Waals surface area contributed by atoms with Crippen LogP contribution in [0.3, 0.4) is 0 Å². The lowest BCUT2D eigenvalue weighted by Crippen LogP contribution is -2.24. The van der Waals surface area contributed by atoms with Gasteiger partial charge in [0, 0.05) is 12.3 Å². The number of aromatic nitrogens is 2. The molecule has 72 valence electrons. The molecule has 3 nitrogen and oxygen atoms in total. The summed E-state index contributed by atoms with van der Waals surface area (Å²) in [6.07, 6.45) is 4.98. The molecular formula is C10H16N2O. The SMILES string of the molecule is CCCCC(C)n1ncccc1=O. The van der Waals surface area contributed by atoms with Crippen molar-refractivity contribution in [3.8, 4) is 0 Å². The van der Waals surface area contributed by atoms with E-state index in [-0.39, 0.29) is 11.6 Å². The third-order valence-electron chi connectivity index (χ3n) is 2.13. The molecule has 0 saturated carbocycles. The molecule has 0 spiro atoms. The first-order chi connectivity index (χ1) is 6.25. The largest absolute Gasteiger partial charge is 0.268 e. The van der Waals surface area contributed by atoms with Crippen LogP contribution in [0.2, 0.25) is 0 Å². The maximum Gasteiger partial charge on any atom is 0.266 e. The minimum Gasteiger partial charge on any atom is -0.268 e. The van der Waals surface area contributed by atoms with Gasteiger partial charge in [0.05, 0.1) is 6.04 Å². The molecule has 0 aromatic carbocycles. The summed E-state index contributed by atoms with van der Waals surface area (Å²) in [5, 5.41) is 4.04. The first kappa shape index (κ1) is 9.96. The maximum absolute atomic E-state index is 11.3. The van der Waals surface area contributed by atoms with Gasteiger partial charge in [-0.05, 0) is 19.4 Å². The monoisotopic (exact) mass is 180 g/mol. The van der Waals surface area contributed by atoms with Crippen molar-refractivity contribution in [2.24, 2.45) is 0 Å². The smallest absolute Gasteiger partial charge is 0.266 e. The highest BCUT2D eigenvalue weighted by atomic mass is 16.1. The molecule has 1 aromatic rings. The Labute approximate surface area is 78.4 Å². The van der Waals surface area contributed by atoms with E-state index in [1.807, 2.05) is 6.92 Å². The van der Waals surface area contributed by atoms with Crippen LogP contribution in [-0.2, 0) is 0 Å². The summed E-state index contributed by atoms with van der Waals surface area (Å²) in [7, 11) is 0. The minimum absolute atomic E-state index is 0.00824. The highest BCUT2D eigenvalue weighted by Crippen LogP contribution is 2.09. The highest BCUT2D eigenvalue weighted by Gasteiger charge is 2.05. The maximum atomic E-state index is 11.3. The van der Waals surface area contributed by atoms with E-state index < -0.39 is 0 Å². The molecule has 13 heavy (non-hydrogen) atoms. The van der Waals surface area contributed by atoms with Gasteiger partial charge < -0.3 is 0 Å². The number of rotatable bonds is 4. The van der Waals surface area contributed by atoms with Crippen LogP contribution in [0.1, 0.15) is 39.2 Å². The van der Waals surface area contributed by atoms with Gasteiger partial charge in [-0.1, -0.05) is 19.8 Å². The van der Waals surface area contributed by atoms with Gasteiger partial charge in [0.2, 0.25) is 0 Å². The van der Waals surface area contributed by atoms with Crippen molar-refractivity contribution in [1.29, 1.82) is 0 Å². The molecule has 1 aromatic heterocycles. The number of hydrogen-bond acceptors (Lipinski definition) is 2. The second kappa shape index (κ2) is 4.80. The van der Waals surface area contributed by atoms with Crippen LogP contribution in [0.15, 0.2) is 23.1 Å². The normalized spacial score (nSPS) is 12.8. The zero-order valence-corrected chi connectivity index (χ0v) is 8.23. The highest BCUT2D eigenvalue weighted by molar-refractivity contribution is 4.86. The minimum atomic E-state index is -0.00824. The van der Waals surface area contributed by atoms with E-state index in [2.05, 4.69) is 12.0 Å². The Morgan fingerprint density at radius 3 is 3.00 bits per heavy atom. The predicted octanol–water partition coefficient (Wildman–Crippen LogP) is 1.99. The van der Waals surface area contributed by atoms with E-state index in [4.69, 9.17) is 0 Å². The fraction of sp³-hybridized carbons (Fsp3) is 0.600. The van der Waals surface area contributed by atoms with Gasteiger partial charge in [0.25, 0.3) is 5.56 Å². The summed E-state index contributed by atoms with van der Waals surface area (Å²) in [5.41, 5.74) is -0.00824. The van der Waals surface area contributed by atoms with E-state index in [1.165, 1.54) is 0 Å². The van der Waals surface area contributed by atoms with Gasteiger partial charge in [0.15, 0.2) is 0 Å². The summed E-state index contributed by atoms with van der Waals surface area (Å²) in [5.74, 6) is 0. The molecule has 1 unspecified atom stereocenters. The van der Waals surface area contributed by atoms with Crippen LogP contribution in [0, 0.1) is 0 Å². The quantitative estimate of drug-likeness (QED) is 0.710. The molecule has 1 rings (SSSR count). The predicted molar refractivity (Wildman–Crippen MR) is 52.7 cm³/mol. The molecule has 1 atom stereocenters. The zero-order chi connectivity index (χ0) is 9.68. The summed E-state index contributed by atoms with van der Waals surface area (Å²) in [6.45, 7) is 4.18. The first-order valence-corrected chi connectivity index (χ1v) is 4.79. The fourth-order valence-electron chi connectivity index (χ4n) is 1.32. The Morgan fingerprint density at radius 1 is 1.62 bits per heavy atom. The van der Waals surface area contributed by atoms with E-state index >= 15 is 0 Å². The molecule has 0 aliphatic heterocycles. The average molecular weight is 180 g/mol. The molecule has 0 aliphatic rings. The number of hydrogen-bond donors (Lipinski definition) is 0. The summed E-state index contributed by atoms with van der Waals surface area (Å²) >= 11 is 0. The summed E-state index contributed by atoms with van der Waals surface area (Å²) in [4.78, 5) is 11.3. The van der Waals surface area contributed by atoms with Crippen molar-refractivity contribution in [2.45, 2.75) is 39.2 Å². The molecule has 0 bridgehead atoms. The standard InChI is InChI=1S/C10H16N2O/c1-3-4-6-9(2)12-10(13)7-5-8-11-12/h5,7-9H,3-4,6H2,1-2H3. The lowest BCUT2D eigenvalue weighted by molar-refractivity contribution is 0.424. The molecule has 0 amide bonds. The Balaban J connectivity index is 2.71. The lowest BCUT2D eigenvalue weighted by Gasteiger charge is -2.11. The molecule has 3 heteroatoms. The van der Waals surface area contributed by atoms with Crippen molar-refractivity contribution in [3.63, 3.8) is 0 Å². The van der Waals surface area contributed by atoms with Crippen molar-refractivity contribution < 1.29 is 0 Å². The Hall–Kier alpha value is -1.12. The Bertz CT molecular complexity index is 306. The van der Waals surface area contributed by atoms with Gasteiger partial charge in [-0.25, -0.2) is 4.68 Å². The van der Waals surface area contributed by atoms with Gasteiger partial charge in [0.1, 0.15) is 0 Å². The van der Waals surface area contributed by atoms with Crippen LogP contribution in [-0.4, -0.2) is 9.78 Å². The van der Waals surface area contributed by atoms with E-state index in [0.717, 1.165) is 19.3 Å². The van der Waals surface area contributed by atoms with Crippen molar-refractivity contribution >= 4 is 0 Å². The summed E-state index contributed by atoms with van der Waals surface area (Å²) < 4.78 is 1.55. The third kappa shape index (κ3) is 2.68. The van der Waals surface area contributed by atoms with Crippen LogP contribution >= 0.6 is 0 Å². The second-order valence-electron chi connectivity index (χ2n) is 3.30. The van der Waals surface area contributed by atoms with Crippen molar-refractivity contribution in [2.75, 3.05) is 0 Å².